The molecule has 0 saturated heterocycles. The molecule has 2 aromatic rings. The molecule has 0 unspecified atom stereocenters. The standard InChI is InChI=1S/C31H34O3Si/c1-17-28(32)26-25-22(29(33)19-13-9-10-14-20(19)30(25)34)15-21-24(18-11-7-6-8-12-18)23(35(3,4)5)16-31(17,2)27(21)26/h6-14,17,22,25-26,28,32H,15-16H2,1-5H3/t17-,22+,25+,26+,28-,31+/m1/s1. The van der Waals surface area contributed by atoms with E-state index in [0.717, 1.165) is 6.42 Å². The number of Topliss-reactive ketones (excluding diaryl/α,β-unsaturated/α-hetero) is 2. The van der Waals surface area contributed by atoms with Gasteiger partial charge in [-0.2, -0.15) is 0 Å². The summed E-state index contributed by atoms with van der Waals surface area (Å²) in [5.74, 6) is -1.04. The minimum Gasteiger partial charge on any atom is -0.392 e. The zero-order valence-corrected chi connectivity index (χ0v) is 22.3. The maximum absolute atomic E-state index is 13.9. The fourth-order valence-corrected chi connectivity index (χ4v) is 9.69. The van der Waals surface area contributed by atoms with E-state index in [1.807, 2.05) is 18.2 Å². The molecule has 1 saturated carbocycles. The number of ketones is 2. The van der Waals surface area contributed by atoms with Gasteiger partial charge in [0, 0.05) is 28.9 Å². The molecule has 0 aliphatic heterocycles. The SMILES string of the molecule is C[C@@H]1[C@@H](O)[C@@H]2C3=C(C[C@@H]4C(=O)c5ccccc5C(=O)[C@H]24)C(c2ccccc2)=C([Si](C)(C)C)C[C@]31C. The second kappa shape index (κ2) is 7.47. The fourth-order valence-electron chi connectivity index (χ4n) is 7.75. The number of allylic oxidation sites excluding steroid dienone is 3. The van der Waals surface area contributed by atoms with Crippen LogP contribution in [0.15, 0.2) is 70.9 Å². The highest BCUT2D eigenvalue weighted by Gasteiger charge is 2.63. The van der Waals surface area contributed by atoms with Gasteiger partial charge >= 0.3 is 0 Å². The van der Waals surface area contributed by atoms with E-state index in [1.54, 1.807) is 12.1 Å². The number of hydrogen-bond donors (Lipinski definition) is 1. The first-order valence-electron chi connectivity index (χ1n) is 12.9. The third-order valence-corrected chi connectivity index (χ3v) is 11.9. The van der Waals surface area contributed by atoms with Gasteiger partial charge in [0.2, 0.25) is 0 Å². The van der Waals surface area contributed by atoms with Gasteiger partial charge in [-0.3, -0.25) is 9.59 Å². The van der Waals surface area contributed by atoms with Crippen LogP contribution in [0.4, 0.5) is 0 Å². The first-order valence-corrected chi connectivity index (χ1v) is 16.4. The molecule has 180 valence electrons. The van der Waals surface area contributed by atoms with Crippen molar-refractivity contribution in [2.75, 3.05) is 0 Å². The van der Waals surface area contributed by atoms with Crippen molar-refractivity contribution in [3.05, 3.63) is 87.6 Å². The molecule has 0 aromatic heterocycles. The van der Waals surface area contributed by atoms with Crippen LogP contribution in [0, 0.1) is 29.1 Å². The van der Waals surface area contributed by atoms with Gasteiger partial charge in [-0.1, -0.05) is 98.9 Å². The molecule has 0 spiro atoms. The molecule has 4 aliphatic carbocycles. The molecule has 1 N–H and O–H groups in total. The Morgan fingerprint density at radius 1 is 0.886 bits per heavy atom. The molecule has 3 nitrogen and oxygen atoms in total. The Bertz CT molecular complexity index is 1330. The van der Waals surface area contributed by atoms with Crippen LogP contribution in [-0.2, 0) is 0 Å². The van der Waals surface area contributed by atoms with Crippen molar-refractivity contribution in [3.8, 4) is 0 Å². The maximum Gasteiger partial charge on any atom is 0.168 e. The van der Waals surface area contributed by atoms with E-state index >= 15 is 0 Å². The lowest BCUT2D eigenvalue weighted by Crippen LogP contribution is -2.47. The van der Waals surface area contributed by atoms with Crippen LogP contribution in [0.3, 0.4) is 0 Å². The number of carbonyl (C=O) groups excluding carboxylic acids is 2. The molecule has 4 aliphatic rings. The number of fused-ring (bicyclic) bond motifs is 3. The molecule has 6 atom stereocenters. The lowest BCUT2D eigenvalue weighted by molar-refractivity contribution is 0.0360. The Morgan fingerprint density at radius 2 is 1.49 bits per heavy atom. The van der Waals surface area contributed by atoms with Crippen molar-refractivity contribution >= 4 is 25.2 Å². The molecule has 2 aromatic carbocycles. The quantitative estimate of drug-likeness (QED) is 0.506. The average Bonchev–Trinajstić information content (AvgIpc) is 3.04. The van der Waals surface area contributed by atoms with Crippen LogP contribution in [0.1, 0.15) is 53.0 Å². The summed E-state index contributed by atoms with van der Waals surface area (Å²) in [6.07, 6.45) is 0.886. The van der Waals surface area contributed by atoms with E-state index in [4.69, 9.17) is 0 Å². The van der Waals surface area contributed by atoms with Crippen LogP contribution < -0.4 is 0 Å². The molecule has 0 radical (unpaired) electrons. The number of carbonyl (C=O) groups is 2. The summed E-state index contributed by atoms with van der Waals surface area (Å²) in [5, 5.41) is 13.3. The van der Waals surface area contributed by atoms with Crippen molar-refractivity contribution in [1.29, 1.82) is 0 Å². The Morgan fingerprint density at radius 3 is 2.11 bits per heavy atom. The van der Waals surface area contributed by atoms with Gasteiger partial charge in [0.05, 0.1) is 14.2 Å². The van der Waals surface area contributed by atoms with Gasteiger partial charge < -0.3 is 5.11 Å². The second-order valence-electron chi connectivity index (χ2n) is 12.4. The van der Waals surface area contributed by atoms with Crippen molar-refractivity contribution in [1.82, 2.24) is 0 Å². The summed E-state index contributed by atoms with van der Waals surface area (Å²) in [6.45, 7) is 11.7. The van der Waals surface area contributed by atoms with Crippen LogP contribution in [0.25, 0.3) is 5.57 Å². The van der Waals surface area contributed by atoms with Crippen molar-refractivity contribution in [2.24, 2.45) is 29.1 Å². The van der Waals surface area contributed by atoms with E-state index in [2.05, 4.69) is 57.8 Å². The molecular weight excluding hydrogens is 448 g/mol. The molecule has 6 rings (SSSR count). The predicted octanol–water partition coefficient (Wildman–Crippen LogP) is 6.37. The van der Waals surface area contributed by atoms with Gasteiger partial charge in [0.15, 0.2) is 11.6 Å². The molecular formula is C31H34O3Si. The number of rotatable bonds is 2. The fraction of sp³-hybridized carbons (Fsp3) is 0.419. The van der Waals surface area contributed by atoms with Crippen LogP contribution in [0.5, 0.6) is 0 Å². The number of hydrogen-bond acceptors (Lipinski definition) is 3. The van der Waals surface area contributed by atoms with Gasteiger partial charge in [-0.05, 0) is 40.9 Å². The monoisotopic (exact) mass is 482 g/mol. The van der Waals surface area contributed by atoms with E-state index < -0.39 is 26.0 Å². The summed E-state index contributed by atoms with van der Waals surface area (Å²) in [7, 11) is -1.74. The third kappa shape index (κ3) is 2.99. The number of aliphatic hydroxyl groups is 1. The Balaban J connectivity index is 1.65. The highest BCUT2D eigenvalue weighted by molar-refractivity contribution is 6.84. The summed E-state index contributed by atoms with van der Waals surface area (Å²) >= 11 is 0. The van der Waals surface area contributed by atoms with E-state index in [0.29, 0.717) is 17.5 Å². The molecule has 0 amide bonds. The summed E-state index contributed by atoms with van der Waals surface area (Å²) in [5.41, 5.74) is 5.92. The maximum atomic E-state index is 13.9. The number of benzene rings is 2. The van der Waals surface area contributed by atoms with Crippen molar-refractivity contribution < 1.29 is 14.7 Å². The zero-order valence-electron chi connectivity index (χ0n) is 21.3. The highest BCUT2D eigenvalue weighted by Crippen LogP contribution is 2.66. The van der Waals surface area contributed by atoms with E-state index in [9.17, 15) is 14.7 Å². The first-order chi connectivity index (χ1) is 16.6. The number of aliphatic hydroxyl groups excluding tert-OH is 1. The first kappa shape index (κ1) is 22.9. The van der Waals surface area contributed by atoms with Crippen LogP contribution in [0.2, 0.25) is 19.6 Å². The normalized spacial score (nSPS) is 34.1. The minimum atomic E-state index is -1.74. The molecule has 0 bridgehead atoms. The summed E-state index contributed by atoms with van der Waals surface area (Å²) < 4.78 is 0. The van der Waals surface area contributed by atoms with E-state index in [-0.39, 0.29) is 28.8 Å². The largest absolute Gasteiger partial charge is 0.392 e. The van der Waals surface area contributed by atoms with Crippen molar-refractivity contribution in [3.63, 3.8) is 0 Å². The van der Waals surface area contributed by atoms with Crippen LogP contribution in [-0.4, -0.2) is 30.9 Å². The average molecular weight is 483 g/mol. The van der Waals surface area contributed by atoms with E-state index in [1.165, 1.54) is 27.5 Å². The van der Waals surface area contributed by atoms with Crippen molar-refractivity contribution in [2.45, 2.75) is 52.4 Å². The van der Waals surface area contributed by atoms with Gasteiger partial charge in [0.1, 0.15) is 0 Å². The Kier molecular flexibility index (Phi) is 4.88. The molecule has 1 fully saturated rings. The predicted molar refractivity (Wildman–Crippen MR) is 142 cm³/mol. The van der Waals surface area contributed by atoms with Gasteiger partial charge in [0.25, 0.3) is 0 Å². The summed E-state index contributed by atoms with van der Waals surface area (Å²) in [4.78, 5) is 27.8. The molecule has 35 heavy (non-hydrogen) atoms. The zero-order chi connectivity index (χ0) is 24.9. The topological polar surface area (TPSA) is 54.4 Å². The minimum absolute atomic E-state index is 0.0278. The highest BCUT2D eigenvalue weighted by atomic mass is 28.3. The molecule has 4 heteroatoms. The third-order valence-electron chi connectivity index (χ3n) is 9.62. The Labute approximate surface area is 209 Å². The lowest BCUT2D eigenvalue weighted by Gasteiger charge is -2.48. The van der Waals surface area contributed by atoms with Gasteiger partial charge in [-0.25, -0.2) is 0 Å². The smallest absolute Gasteiger partial charge is 0.168 e. The lowest BCUT2D eigenvalue weighted by atomic mass is 9.56. The molecule has 0 heterocycles. The van der Waals surface area contributed by atoms with Gasteiger partial charge in [-0.15, -0.1) is 0 Å². The van der Waals surface area contributed by atoms with Crippen LogP contribution >= 0.6 is 0 Å². The Hall–Kier alpha value is -2.56. The second-order valence-corrected chi connectivity index (χ2v) is 17.5. The summed E-state index contributed by atoms with van der Waals surface area (Å²) in [6, 6.07) is 17.9.